The molecule has 1 unspecified atom stereocenters. The van der Waals surface area contributed by atoms with Gasteiger partial charge in [0.25, 0.3) is 0 Å². The van der Waals surface area contributed by atoms with Gasteiger partial charge in [0.2, 0.25) is 0 Å². The van der Waals surface area contributed by atoms with Gasteiger partial charge < -0.3 is 35.6 Å². The van der Waals surface area contributed by atoms with E-state index >= 15 is 0 Å². The number of hydrogen-bond acceptors (Lipinski definition) is 8. The molecule has 3 aliphatic heterocycles. The number of imide groups is 1. The number of likely N-dealkylation sites (tertiary alicyclic amines) is 1. The zero-order valence-electron chi connectivity index (χ0n) is 26.5. The van der Waals surface area contributed by atoms with Crippen LogP contribution in [0.2, 0.25) is 0 Å². The minimum absolute atomic E-state index is 0.00908. The molecule has 2 aromatic carbocycles. The van der Waals surface area contributed by atoms with E-state index in [0.717, 1.165) is 68.0 Å². The lowest BCUT2D eigenvalue weighted by Gasteiger charge is -2.39. The number of nitrogens with zero attached hydrogens (tertiary/aromatic N) is 3. The summed E-state index contributed by atoms with van der Waals surface area (Å²) in [7, 11) is 4.07. The van der Waals surface area contributed by atoms with Crippen molar-refractivity contribution in [1.82, 2.24) is 25.8 Å². The van der Waals surface area contributed by atoms with Gasteiger partial charge >= 0.3 is 24.1 Å². The third kappa shape index (κ3) is 7.30. The van der Waals surface area contributed by atoms with Crippen LogP contribution in [0.5, 0.6) is 0 Å². The molecule has 6 amide bonds. The molecule has 2 atom stereocenters. The highest BCUT2D eigenvalue weighted by molar-refractivity contribution is 6.02. The molecule has 3 aliphatic rings. The molecule has 13 nitrogen and oxygen atoms in total. The zero-order valence-corrected chi connectivity index (χ0v) is 26.5. The Labute approximate surface area is 271 Å². The van der Waals surface area contributed by atoms with Crippen molar-refractivity contribution in [2.45, 2.75) is 37.4 Å². The van der Waals surface area contributed by atoms with Gasteiger partial charge in [-0.1, -0.05) is 18.2 Å². The van der Waals surface area contributed by atoms with Crippen LogP contribution >= 0.6 is 0 Å². The van der Waals surface area contributed by atoms with Crippen LogP contribution in [0.4, 0.5) is 34.5 Å². The maximum Gasteiger partial charge on any atom is 0.338 e. The number of nitrogens with one attached hydrogen (secondary N) is 4. The summed E-state index contributed by atoms with van der Waals surface area (Å²) >= 11 is 0. The molecule has 252 valence electrons. The monoisotopic (exact) mass is 655 g/mol. The Hall–Kier alpha value is -4.76. The van der Waals surface area contributed by atoms with E-state index in [0.29, 0.717) is 13.0 Å². The first kappa shape index (κ1) is 33.6. The maximum absolute atomic E-state index is 14.4. The van der Waals surface area contributed by atoms with E-state index in [2.05, 4.69) is 31.1 Å². The average molecular weight is 656 g/mol. The molecule has 2 aromatic rings. The summed E-state index contributed by atoms with van der Waals surface area (Å²) in [5.74, 6) is -3.18. The van der Waals surface area contributed by atoms with Crippen LogP contribution in [-0.4, -0.2) is 100.0 Å². The third-order valence-electron chi connectivity index (χ3n) is 8.75. The number of anilines is 2. The van der Waals surface area contributed by atoms with Gasteiger partial charge in [-0.25, -0.2) is 32.9 Å². The quantitative estimate of drug-likeness (QED) is 0.317. The normalized spacial score (nSPS) is 20.6. The Balaban J connectivity index is 1.27. The number of halogens is 2. The predicted octanol–water partition coefficient (Wildman–Crippen LogP) is 3.31. The summed E-state index contributed by atoms with van der Waals surface area (Å²) in [6.45, 7) is 2.64. The Morgan fingerprint density at radius 1 is 1.00 bits per heavy atom. The van der Waals surface area contributed by atoms with Crippen LogP contribution in [-0.2, 0) is 14.3 Å². The molecular weight excluding hydrogens is 616 g/mol. The van der Waals surface area contributed by atoms with Crippen LogP contribution < -0.4 is 26.2 Å². The van der Waals surface area contributed by atoms with Crippen molar-refractivity contribution < 1.29 is 37.4 Å². The fraction of sp³-hybridized carbons (Fsp3) is 0.438. The Kier molecular flexibility index (Phi) is 10.6. The first-order valence-electron chi connectivity index (χ1n) is 15.4. The van der Waals surface area contributed by atoms with Crippen LogP contribution in [0.3, 0.4) is 0 Å². The number of methoxy groups -OCH3 is 2. The van der Waals surface area contributed by atoms with E-state index < -0.39 is 35.7 Å². The minimum atomic E-state index is -1.40. The highest BCUT2D eigenvalue weighted by Gasteiger charge is 2.44. The number of benzene rings is 2. The first-order valence-corrected chi connectivity index (χ1v) is 15.4. The molecule has 0 spiro atoms. The summed E-state index contributed by atoms with van der Waals surface area (Å²) in [6.07, 6.45) is 2.37. The Bertz CT molecular complexity index is 1550. The van der Waals surface area contributed by atoms with Gasteiger partial charge in [-0.3, -0.25) is 4.90 Å². The van der Waals surface area contributed by atoms with Gasteiger partial charge in [-0.05, 0) is 49.1 Å². The number of para-hydroxylation sites is 2. The number of esters is 1. The fourth-order valence-corrected chi connectivity index (χ4v) is 6.47. The number of carbonyl (C=O) groups is 4. The van der Waals surface area contributed by atoms with Gasteiger partial charge in [0.1, 0.15) is 6.04 Å². The van der Waals surface area contributed by atoms with Crippen molar-refractivity contribution in [1.29, 1.82) is 0 Å². The Morgan fingerprint density at radius 3 is 2.43 bits per heavy atom. The number of urea groups is 3. The largest absolute Gasteiger partial charge is 0.466 e. The molecule has 2 saturated heterocycles. The first-order chi connectivity index (χ1) is 22.6. The molecule has 4 N–H and O–H groups in total. The average Bonchev–Trinajstić information content (AvgIpc) is 3.54. The van der Waals surface area contributed by atoms with Crippen molar-refractivity contribution >= 4 is 35.4 Å². The second-order valence-corrected chi connectivity index (χ2v) is 11.6. The van der Waals surface area contributed by atoms with Crippen molar-refractivity contribution in [3.63, 3.8) is 0 Å². The van der Waals surface area contributed by atoms with Gasteiger partial charge in [0.05, 0.1) is 36.4 Å². The number of carbonyl (C=O) groups excluding carboxylic acids is 4. The molecule has 3 heterocycles. The van der Waals surface area contributed by atoms with Crippen LogP contribution in [0.25, 0.3) is 0 Å². The molecule has 0 radical (unpaired) electrons. The second kappa shape index (κ2) is 14.8. The summed E-state index contributed by atoms with van der Waals surface area (Å²) < 4.78 is 38.4. The summed E-state index contributed by atoms with van der Waals surface area (Å²) in [6, 6.07) is 7.22. The molecule has 0 saturated carbocycles. The third-order valence-corrected chi connectivity index (χ3v) is 8.75. The van der Waals surface area contributed by atoms with Crippen LogP contribution in [0, 0.1) is 11.6 Å². The molecule has 47 heavy (non-hydrogen) atoms. The summed E-state index contributed by atoms with van der Waals surface area (Å²) in [5.41, 5.74) is 1.60. The van der Waals surface area contributed by atoms with Gasteiger partial charge in [0, 0.05) is 52.4 Å². The van der Waals surface area contributed by atoms with Crippen molar-refractivity contribution in [2.24, 2.45) is 0 Å². The SMILES string of the molecule is CNC(=O)Nc1ccccc1N1CCC(N2CCC(NC(=O)N3C(=O)NC(COC)=C(C(=O)OC)[C@@H]3c3ccc(F)c(F)c3)C2)CC1. The summed E-state index contributed by atoms with van der Waals surface area (Å²) in [4.78, 5) is 57.4. The minimum Gasteiger partial charge on any atom is -0.466 e. The molecule has 0 aliphatic carbocycles. The molecule has 0 aromatic heterocycles. The van der Waals surface area contributed by atoms with E-state index in [1.165, 1.54) is 13.2 Å². The van der Waals surface area contributed by atoms with E-state index in [1.807, 2.05) is 24.3 Å². The van der Waals surface area contributed by atoms with Crippen molar-refractivity contribution in [2.75, 3.05) is 64.3 Å². The smallest absolute Gasteiger partial charge is 0.338 e. The second-order valence-electron chi connectivity index (χ2n) is 11.6. The number of amides is 6. The molecular formula is C32H39F2N7O6. The lowest BCUT2D eigenvalue weighted by molar-refractivity contribution is -0.137. The zero-order chi connectivity index (χ0) is 33.7. The van der Waals surface area contributed by atoms with Crippen molar-refractivity contribution in [3.05, 3.63) is 70.9 Å². The van der Waals surface area contributed by atoms with E-state index in [4.69, 9.17) is 9.47 Å². The number of hydrogen-bond donors (Lipinski definition) is 4. The lowest BCUT2D eigenvalue weighted by atomic mass is 9.93. The van der Waals surface area contributed by atoms with Gasteiger partial charge in [-0.2, -0.15) is 0 Å². The predicted molar refractivity (Wildman–Crippen MR) is 169 cm³/mol. The number of rotatable bonds is 8. The van der Waals surface area contributed by atoms with E-state index in [1.54, 1.807) is 7.05 Å². The number of ether oxygens (including phenoxy) is 2. The molecule has 2 fully saturated rings. The number of piperidine rings is 1. The highest BCUT2D eigenvalue weighted by Crippen LogP contribution is 2.36. The fourth-order valence-electron chi connectivity index (χ4n) is 6.47. The molecule has 5 rings (SSSR count). The summed E-state index contributed by atoms with van der Waals surface area (Å²) in [5, 5.41) is 10.9. The molecule has 0 bridgehead atoms. The van der Waals surface area contributed by atoms with Gasteiger partial charge in [-0.15, -0.1) is 0 Å². The standard InChI is InChI=1S/C32H39F2N7O6/c1-35-30(43)37-24-6-4-5-7-26(24)39-14-11-21(12-15-39)40-13-10-20(17-40)36-31(44)41-28(19-8-9-22(33)23(34)16-19)27(29(42)47-3)25(18-46-2)38-32(41)45/h4-9,16,20-21,28H,10-15,17-18H2,1-3H3,(H,36,44)(H,38,45)(H2,35,37,43)/t20?,28-/m0/s1. The van der Waals surface area contributed by atoms with E-state index in [9.17, 15) is 28.0 Å². The Morgan fingerprint density at radius 2 is 1.74 bits per heavy atom. The molecule has 15 heteroatoms. The van der Waals surface area contributed by atoms with E-state index in [-0.39, 0.29) is 41.6 Å². The highest BCUT2D eigenvalue weighted by atomic mass is 19.2. The maximum atomic E-state index is 14.4. The van der Waals surface area contributed by atoms with Crippen LogP contribution in [0.1, 0.15) is 30.9 Å². The topological polar surface area (TPSA) is 145 Å². The van der Waals surface area contributed by atoms with Gasteiger partial charge in [0.15, 0.2) is 11.6 Å². The van der Waals surface area contributed by atoms with Crippen molar-refractivity contribution in [3.8, 4) is 0 Å². The van der Waals surface area contributed by atoms with Crippen LogP contribution in [0.15, 0.2) is 53.7 Å². The lowest BCUT2D eigenvalue weighted by Crippen LogP contribution is -2.57.